The third-order valence-corrected chi connectivity index (χ3v) is 9.36. The van der Waals surface area contributed by atoms with Gasteiger partial charge in [0.25, 0.3) is 0 Å². The molecule has 0 rings (SSSR count). The molecule has 1 atom stereocenters. The number of alkyl carbamates (subject to hydrolysis) is 1. The molecule has 0 bridgehead atoms. The van der Waals surface area contributed by atoms with Crippen LogP contribution in [0.25, 0.3) is 0 Å². The molecule has 1 unspecified atom stereocenters. The van der Waals surface area contributed by atoms with Gasteiger partial charge in [0.2, 0.25) is 15.9 Å². The summed E-state index contributed by atoms with van der Waals surface area (Å²) in [5.41, 5.74) is 3.98. The summed E-state index contributed by atoms with van der Waals surface area (Å²) in [4.78, 5) is 21.9. The molecule has 67 heavy (non-hydrogen) atoms. The minimum Gasteiger partial charge on any atom is -0.447 e. The Morgan fingerprint density at radius 3 is 1.28 bits per heavy atom. The van der Waals surface area contributed by atoms with E-state index < -0.39 is 10.0 Å². The van der Waals surface area contributed by atoms with Crippen molar-refractivity contribution >= 4 is 33.9 Å². The van der Waals surface area contributed by atoms with Crippen LogP contribution in [0.2, 0.25) is 0 Å². The van der Waals surface area contributed by atoms with Gasteiger partial charge >= 0.3 is 6.09 Å². The summed E-state index contributed by atoms with van der Waals surface area (Å²) in [6.07, 6.45) is 4.04. The molecule has 0 aliphatic heterocycles. The first-order valence-corrected chi connectivity index (χ1v) is 26.3. The lowest BCUT2D eigenvalue weighted by Crippen LogP contribution is -2.43. The Kier molecular flexibility index (Phi) is 39.0. The van der Waals surface area contributed by atoms with E-state index in [0.717, 1.165) is 37.4 Å². The van der Waals surface area contributed by atoms with E-state index in [1.807, 2.05) is 90.0 Å². The van der Waals surface area contributed by atoms with Crippen LogP contribution in [0.15, 0.2) is 5.10 Å². The third kappa shape index (κ3) is 78.3. The second-order valence-corrected chi connectivity index (χ2v) is 29.3. The number of aliphatic hydroxyl groups excluding tert-OH is 1. The number of nitrogens with one attached hydrogen (secondary N) is 5. The number of aliphatic hydroxyl groups is 1. The molecule has 0 saturated carbocycles. The van der Waals surface area contributed by atoms with Gasteiger partial charge in [0, 0.05) is 53.7 Å². The van der Waals surface area contributed by atoms with E-state index in [2.05, 4.69) is 142 Å². The van der Waals surface area contributed by atoms with Crippen molar-refractivity contribution in [2.75, 3.05) is 13.1 Å². The SMILES string of the molecule is CC(C)(C)CC(O)CNC(C)(C)C.CC(C)C(=O)N/N=C/C(C)(C)C.CC(C)CC(=[NH2+])CC(C)(C)C.CC(C)CNC(C)(C)C.CC(C)OC(=O)NC(C)(C)C.CC(C)S(=O)(=O)NC(C)(C)C. The van der Waals surface area contributed by atoms with Crippen molar-refractivity contribution in [1.82, 2.24) is 26.1 Å². The Balaban J connectivity index is -0.000000167. The number of carbonyl (C=O) groups excluding carboxylic acids is 2. The van der Waals surface area contributed by atoms with Crippen LogP contribution in [0.4, 0.5) is 4.79 Å². The molecule has 0 aromatic rings. The monoisotopic (exact) mass is 981 g/mol. The minimum absolute atomic E-state index is 0.0119. The Morgan fingerprint density at radius 2 is 1.04 bits per heavy atom. The molecule has 0 radical (unpaired) electrons. The lowest BCUT2D eigenvalue weighted by molar-refractivity contribution is -0.124. The highest BCUT2D eigenvalue weighted by Gasteiger charge is 2.23. The van der Waals surface area contributed by atoms with Gasteiger partial charge in [-0.2, -0.15) is 5.10 Å². The summed E-state index contributed by atoms with van der Waals surface area (Å²) < 4.78 is 29.9. The lowest BCUT2D eigenvalue weighted by Gasteiger charge is -2.26. The number of sulfonamides is 1. The number of nitrogens with zero attached hydrogens (tertiary/aromatic N) is 1. The van der Waals surface area contributed by atoms with E-state index in [1.165, 1.54) is 0 Å². The van der Waals surface area contributed by atoms with Crippen LogP contribution in [0, 0.1) is 34.0 Å². The Bertz CT molecular complexity index is 1390. The van der Waals surface area contributed by atoms with Crippen LogP contribution in [-0.4, -0.2) is 90.2 Å². The molecular formula is C53H118N7O6S+. The molecule has 0 aromatic carbocycles. The summed E-state index contributed by atoms with van der Waals surface area (Å²) in [5, 5.41) is 28.4. The van der Waals surface area contributed by atoms with Gasteiger partial charge in [-0.1, -0.05) is 104 Å². The van der Waals surface area contributed by atoms with Crippen molar-refractivity contribution in [3.05, 3.63) is 0 Å². The van der Waals surface area contributed by atoms with Gasteiger partial charge in [-0.05, 0) is 152 Å². The largest absolute Gasteiger partial charge is 0.447 e. The van der Waals surface area contributed by atoms with Crippen molar-refractivity contribution in [1.29, 1.82) is 0 Å². The van der Waals surface area contributed by atoms with Crippen molar-refractivity contribution < 1.29 is 33.3 Å². The zero-order chi connectivity index (χ0) is 55.4. The van der Waals surface area contributed by atoms with Crippen LogP contribution in [-0.2, 0) is 19.6 Å². The third-order valence-electron chi connectivity index (χ3n) is 7.22. The molecule has 0 spiro atoms. The molecule has 0 aliphatic rings. The molecule has 13 nitrogen and oxygen atoms in total. The standard InChI is InChI=1S/C11H25NO.C10H21N.C9H18N2O.C8H17NO2.C8H19N.C7H17NO2S/c1-10(2,3)7-9(13)8-12-11(4,5)6;1-8(2)6-9(11)7-10(3,4)5;1-7(2)8(12)11-10-6-9(3,4)5;1-6(2)11-7(10)9-8(3,4)5;1-7(2)6-9-8(3,4)5;1-6(2)11(9,10)8-7(3,4)5/h9,12-13H,7-8H2,1-6H3;8,11H,6-7H2,1-5H3;6-7H,1-5H3,(H,11,12);6H,1-5H3,(H,9,10);7,9H,6H2,1-5H3;6,8H,1-5H3/p+1/b;;10-6+;;;. The first-order valence-electron chi connectivity index (χ1n) is 24.8. The average Bonchev–Trinajstić information content (AvgIpc) is 2.98. The summed E-state index contributed by atoms with van der Waals surface area (Å²) >= 11 is 0. The molecule has 14 heteroatoms. The normalized spacial score (nSPS) is 13.2. The molecular weight excluding hydrogens is 863 g/mol. The fraction of sp³-hybridized carbons (Fsp3) is 0.925. The number of nitrogens with two attached hydrogens (primary N) is 1. The van der Waals surface area contributed by atoms with Crippen LogP contribution >= 0.6 is 0 Å². The predicted molar refractivity (Wildman–Crippen MR) is 293 cm³/mol. The van der Waals surface area contributed by atoms with Gasteiger partial charge in [-0.25, -0.2) is 23.4 Å². The minimum atomic E-state index is -3.11. The Hall–Kier alpha value is -2.13. The summed E-state index contributed by atoms with van der Waals surface area (Å²) in [6, 6.07) is 0. The molecule has 0 aromatic heterocycles. The zero-order valence-electron chi connectivity index (χ0n) is 50.0. The van der Waals surface area contributed by atoms with E-state index >= 15 is 0 Å². The van der Waals surface area contributed by atoms with Crippen molar-refractivity contribution in [2.24, 2.45) is 39.1 Å². The topological polar surface area (TPSA) is 196 Å². The van der Waals surface area contributed by atoms with Crippen molar-refractivity contribution in [3.63, 3.8) is 0 Å². The fourth-order valence-electron chi connectivity index (χ4n) is 4.50. The quantitative estimate of drug-likeness (QED) is 0.0699. The zero-order valence-corrected chi connectivity index (χ0v) is 50.8. The molecule has 8 N–H and O–H groups in total. The van der Waals surface area contributed by atoms with E-state index in [9.17, 15) is 23.1 Å². The first kappa shape index (κ1) is 76.4. The van der Waals surface area contributed by atoms with Crippen LogP contribution in [0.3, 0.4) is 0 Å². The van der Waals surface area contributed by atoms with Crippen molar-refractivity contribution in [2.45, 2.75) is 274 Å². The number of rotatable bonds is 13. The second-order valence-electron chi connectivity index (χ2n) is 27.1. The van der Waals surface area contributed by atoms with Gasteiger partial charge in [-0.3, -0.25) is 10.2 Å². The van der Waals surface area contributed by atoms with Crippen LogP contribution in [0.5, 0.6) is 0 Å². The van der Waals surface area contributed by atoms with Gasteiger partial charge in [0.1, 0.15) is 5.71 Å². The van der Waals surface area contributed by atoms with Gasteiger partial charge < -0.3 is 25.8 Å². The fourth-order valence-corrected chi connectivity index (χ4v) is 5.59. The molecule has 0 heterocycles. The van der Waals surface area contributed by atoms with E-state index in [0.29, 0.717) is 17.9 Å². The van der Waals surface area contributed by atoms with Gasteiger partial charge in [0.15, 0.2) is 0 Å². The van der Waals surface area contributed by atoms with Gasteiger partial charge in [-0.15, -0.1) is 0 Å². The van der Waals surface area contributed by atoms with Crippen molar-refractivity contribution in [3.8, 4) is 0 Å². The van der Waals surface area contributed by atoms with Crippen LogP contribution in [0.1, 0.15) is 234 Å². The van der Waals surface area contributed by atoms with E-state index in [-0.39, 0.29) is 68.4 Å². The van der Waals surface area contributed by atoms with E-state index in [4.69, 9.17) is 10.1 Å². The van der Waals surface area contributed by atoms with Gasteiger partial charge in [0.05, 0.1) is 17.5 Å². The average molecular weight is 982 g/mol. The maximum Gasteiger partial charge on any atom is 0.407 e. The van der Waals surface area contributed by atoms with E-state index in [1.54, 1.807) is 20.1 Å². The highest BCUT2D eigenvalue weighted by atomic mass is 32.2. The predicted octanol–water partition coefficient (Wildman–Crippen LogP) is 10.7. The maximum absolute atomic E-state index is 11.2. The maximum atomic E-state index is 11.2. The molecule has 0 aliphatic carbocycles. The number of amides is 2. The first-order chi connectivity index (χ1) is 29.1. The summed E-state index contributed by atoms with van der Waals surface area (Å²) in [5.74, 6) is 1.39. The number of carbonyl (C=O) groups is 2. The Morgan fingerprint density at radius 1 is 0.627 bits per heavy atom. The van der Waals surface area contributed by atoms with Crippen LogP contribution < -0.4 is 31.5 Å². The molecule has 0 saturated heterocycles. The molecule has 406 valence electrons. The molecule has 0 fully saturated rings. The summed E-state index contributed by atoms with van der Waals surface area (Å²) in [6.45, 7) is 64.6. The Labute approximate surface area is 417 Å². The number of β-amino-alcohol motifs (C(OH)–C–C–N with tert-alkyl or cyclic N) is 1. The lowest BCUT2D eigenvalue weighted by atomic mass is 9.87. The highest BCUT2D eigenvalue weighted by Crippen LogP contribution is 2.21. The second kappa shape index (κ2) is 34.2. The highest BCUT2D eigenvalue weighted by molar-refractivity contribution is 7.90. The summed E-state index contributed by atoms with van der Waals surface area (Å²) in [7, 11) is -3.11. The number of hydrazone groups is 1. The molecule has 2 amide bonds. The smallest absolute Gasteiger partial charge is 0.407 e. The number of hydrogen-bond donors (Lipinski definition) is 7. The number of ether oxygens (including phenoxy) is 1. The number of hydrogen-bond acceptors (Lipinski definition) is 9.